The molecule has 7 nitrogen and oxygen atoms in total. The van der Waals surface area contributed by atoms with E-state index in [9.17, 15) is 30.8 Å². The van der Waals surface area contributed by atoms with Crippen LogP contribution in [0, 0.1) is 0 Å². The maximum Gasteiger partial charge on any atom is 0.573 e. The minimum atomic E-state index is -4.91. The average molecular weight is 442 g/mol. The number of hydrogen-bond acceptors (Lipinski definition) is 5. The van der Waals surface area contributed by atoms with E-state index in [0.29, 0.717) is 0 Å². The predicted molar refractivity (Wildman–Crippen MR) is 94.6 cm³/mol. The predicted octanol–water partition coefficient (Wildman–Crippen LogP) is 3.21. The first kappa shape index (κ1) is 23.2. The van der Waals surface area contributed by atoms with Gasteiger partial charge in [-0.2, -0.15) is 0 Å². The van der Waals surface area contributed by atoms with Gasteiger partial charge in [-0.25, -0.2) is 22.3 Å². The van der Waals surface area contributed by atoms with E-state index in [4.69, 9.17) is 4.74 Å². The first-order valence-corrected chi connectivity index (χ1v) is 10.1. The van der Waals surface area contributed by atoms with Crippen molar-refractivity contribution < 1.29 is 40.2 Å². The molecule has 1 fully saturated rings. The normalized spacial score (nSPS) is 20.6. The van der Waals surface area contributed by atoms with E-state index in [0.717, 1.165) is 24.3 Å². The maximum absolute atomic E-state index is 13.8. The Labute approximate surface area is 166 Å². The molecule has 1 aliphatic heterocycles. The number of rotatable bonds is 5. The summed E-state index contributed by atoms with van der Waals surface area (Å²) in [6, 6.07) is 3.50. The molecule has 1 aliphatic rings. The molecule has 0 spiro atoms. The third-order valence-electron chi connectivity index (χ3n) is 3.98. The maximum atomic E-state index is 13.8. The Hall–Kier alpha value is -2.08. The molecule has 0 aliphatic carbocycles. The van der Waals surface area contributed by atoms with Crippen molar-refractivity contribution in [1.82, 2.24) is 9.62 Å². The summed E-state index contributed by atoms with van der Waals surface area (Å²) in [6.07, 6.45) is -5.59. The molecule has 164 valence electrons. The van der Waals surface area contributed by atoms with Crippen LogP contribution in [-0.2, 0) is 14.8 Å². The van der Waals surface area contributed by atoms with Crippen molar-refractivity contribution in [3.05, 3.63) is 24.3 Å². The number of alkyl halides is 4. The lowest BCUT2D eigenvalue weighted by molar-refractivity contribution is -0.274. The van der Waals surface area contributed by atoms with Crippen LogP contribution in [0.5, 0.6) is 5.75 Å². The fourth-order valence-electron chi connectivity index (χ4n) is 2.74. The van der Waals surface area contributed by atoms with E-state index in [1.165, 1.54) is 4.90 Å². The summed E-state index contributed by atoms with van der Waals surface area (Å²) >= 11 is 0. The Balaban J connectivity index is 2.12. The second-order valence-electron chi connectivity index (χ2n) is 7.69. The Morgan fingerprint density at radius 2 is 1.79 bits per heavy atom. The molecule has 1 atom stereocenters. The summed E-state index contributed by atoms with van der Waals surface area (Å²) in [6.45, 7) is 3.75. The highest BCUT2D eigenvalue weighted by atomic mass is 32.2. The number of hydrogen-bond donors (Lipinski definition) is 1. The summed E-state index contributed by atoms with van der Waals surface area (Å²) in [5.41, 5.74) is -2.32. The summed E-state index contributed by atoms with van der Waals surface area (Å²) in [4.78, 5) is 13.0. The fourth-order valence-corrected chi connectivity index (χ4v) is 4.14. The van der Waals surface area contributed by atoms with E-state index >= 15 is 0 Å². The standard InChI is InChI=1S/C17H22F4N2O5S/c1-15(2,3)28-14(24)23-9-8-16(10-18,11-23)22-29(25,26)13-6-4-12(5-7-13)27-17(19,20)21/h4-7,22H,8-11H2,1-3H3/t16-/m0/s1. The van der Waals surface area contributed by atoms with E-state index in [1.54, 1.807) is 20.8 Å². The van der Waals surface area contributed by atoms with Gasteiger partial charge in [0.05, 0.1) is 10.4 Å². The minimum Gasteiger partial charge on any atom is -0.444 e. The average Bonchev–Trinajstić information content (AvgIpc) is 2.96. The van der Waals surface area contributed by atoms with Crippen LogP contribution in [0.2, 0.25) is 0 Å². The van der Waals surface area contributed by atoms with Crippen LogP contribution in [0.25, 0.3) is 0 Å². The van der Waals surface area contributed by atoms with Crippen molar-refractivity contribution in [2.75, 3.05) is 19.8 Å². The SMILES string of the molecule is CC(C)(C)OC(=O)N1CC[C@@](CF)(NS(=O)(=O)c2ccc(OC(F)(F)F)cc2)C1. The van der Waals surface area contributed by atoms with Crippen molar-refractivity contribution in [1.29, 1.82) is 0 Å². The molecular formula is C17H22F4N2O5S. The van der Waals surface area contributed by atoms with Crippen molar-refractivity contribution in [3.63, 3.8) is 0 Å². The van der Waals surface area contributed by atoms with Gasteiger partial charge in [0.25, 0.3) is 0 Å². The van der Waals surface area contributed by atoms with Crippen LogP contribution >= 0.6 is 0 Å². The number of nitrogens with one attached hydrogen (secondary N) is 1. The monoisotopic (exact) mass is 442 g/mol. The molecule has 0 unspecified atom stereocenters. The zero-order valence-electron chi connectivity index (χ0n) is 16.0. The Morgan fingerprint density at radius 1 is 1.21 bits per heavy atom. The molecule has 1 amide bonds. The van der Waals surface area contributed by atoms with Crippen molar-refractivity contribution in [2.24, 2.45) is 0 Å². The summed E-state index contributed by atoms with van der Waals surface area (Å²) in [5.74, 6) is -0.589. The molecule has 0 aromatic heterocycles. The van der Waals surface area contributed by atoms with Gasteiger partial charge in [-0.15, -0.1) is 13.2 Å². The highest BCUT2D eigenvalue weighted by Crippen LogP contribution is 2.28. The molecule has 1 aromatic rings. The molecule has 1 N–H and O–H groups in total. The highest BCUT2D eigenvalue weighted by molar-refractivity contribution is 7.89. The largest absolute Gasteiger partial charge is 0.573 e. The van der Waals surface area contributed by atoms with Gasteiger partial charge >= 0.3 is 12.5 Å². The summed E-state index contributed by atoms with van der Waals surface area (Å²) in [7, 11) is -4.26. The summed E-state index contributed by atoms with van der Waals surface area (Å²) in [5, 5.41) is 0. The number of nitrogens with zero attached hydrogens (tertiary/aromatic N) is 1. The molecule has 1 aromatic carbocycles. The van der Waals surface area contributed by atoms with Gasteiger partial charge < -0.3 is 14.4 Å². The zero-order valence-corrected chi connectivity index (χ0v) is 16.9. The Bertz CT molecular complexity index is 837. The number of carbonyl (C=O) groups is 1. The van der Waals surface area contributed by atoms with Gasteiger partial charge in [0.1, 0.15) is 18.0 Å². The second-order valence-corrected chi connectivity index (χ2v) is 9.37. The van der Waals surface area contributed by atoms with Crippen molar-refractivity contribution >= 4 is 16.1 Å². The molecule has 2 rings (SSSR count). The van der Waals surface area contributed by atoms with Crippen molar-refractivity contribution in [3.8, 4) is 5.75 Å². The zero-order chi connectivity index (χ0) is 22.1. The second kappa shape index (κ2) is 7.98. The smallest absolute Gasteiger partial charge is 0.444 e. The van der Waals surface area contributed by atoms with E-state index in [2.05, 4.69) is 9.46 Å². The summed E-state index contributed by atoms with van der Waals surface area (Å²) < 4.78 is 86.7. The molecule has 29 heavy (non-hydrogen) atoms. The van der Waals surface area contributed by atoms with Gasteiger partial charge in [-0.05, 0) is 51.5 Å². The van der Waals surface area contributed by atoms with Gasteiger partial charge in [0.2, 0.25) is 10.0 Å². The lowest BCUT2D eigenvalue weighted by Gasteiger charge is -2.28. The van der Waals surface area contributed by atoms with E-state index < -0.39 is 46.0 Å². The Kier molecular flexibility index (Phi) is 6.38. The topological polar surface area (TPSA) is 84.9 Å². The van der Waals surface area contributed by atoms with Gasteiger partial charge in [0, 0.05) is 13.1 Å². The lowest BCUT2D eigenvalue weighted by Crippen LogP contribution is -2.52. The van der Waals surface area contributed by atoms with Crippen molar-refractivity contribution in [2.45, 2.75) is 49.6 Å². The minimum absolute atomic E-state index is 0.0112. The highest BCUT2D eigenvalue weighted by Gasteiger charge is 2.44. The van der Waals surface area contributed by atoms with Crippen LogP contribution in [0.1, 0.15) is 27.2 Å². The lowest BCUT2D eigenvalue weighted by atomic mass is 10.0. The van der Waals surface area contributed by atoms with Crippen LogP contribution in [0.15, 0.2) is 29.2 Å². The quantitative estimate of drug-likeness (QED) is 0.708. The van der Waals surface area contributed by atoms with Crippen LogP contribution in [0.3, 0.4) is 0 Å². The Morgan fingerprint density at radius 3 is 2.28 bits per heavy atom. The molecule has 12 heteroatoms. The number of benzene rings is 1. The van der Waals surface area contributed by atoms with Gasteiger partial charge in [-0.1, -0.05) is 0 Å². The third kappa shape index (κ3) is 6.46. The molecule has 1 heterocycles. The van der Waals surface area contributed by atoms with Crippen LogP contribution in [0.4, 0.5) is 22.4 Å². The molecule has 0 radical (unpaired) electrons. The number of amides is 1. The van der Waals surface area contributed by atoms with E-state index in [1.807, 2.05) is 0 Å². The number of halogens is 4. The molecule has 0 saturated carbocycles. The molecular weight excluding hydrogens is 420 g/mol. The first-order chi connectivity index (χ1) is 13.1. The number of sulfonamides is 1. The van der Waals surface area contributed by atoms with Crippen LogP contribution < -0.4 is 9.46 Å². The third-order valence-corrected chi connectivity index (χ3v) is 5.57. The van der Waals surface area contributed by atoms with Gasteiger partial charge in [0.15, 0.2) is 0 Å². The molecule has 1 saturated heterocycles. The fraction of sp³-hybridized carbons (Fsp3) is 0.588. The van der Waals surface area contributed by atoms with Gasteiger partial charge in [-0.3, -0.25) is 0 Å². The van der Waals surface area contributed by atoms with E-state index in [-0.39, 0.29) is 24.4 Å². The number of likely N-dealkylation sites (tertiary alicyclic amines) is 1. The number of carbonyl (C=O) groups excluding carboxylic acids is 1. The first-order valence-electron chi connectivity index (χ1n) is 8.58. The number of ether oxygens (including phenoxy) is 2. The van der Waals surface area contributed by atoms with Crippen LogP contribution in [-0.4, -0.2) is 56.7 Å². The molecule has 0 bridgehead atoms.